The van der Waals surface area contributed by atoms with Gasteiger partial charge in [0.15, 0.2) is 0 Å². The zero-order valence-electron chi connectivity index (χ0n) is 19.1. The van der Waals surface area contributed by atoms with Crippen molar-refractivity contribution in [2.24, 2.45) is 0 Å². The van der Waals surface area contributed by atoms with Crippen LogP contribution in [0, 0.1) is 0 Å². The Morgan fingerprint density at radius 2 is 1.73 bits per heavy atom. The van der Waals surface area contributed by atoms with Gasteiger partial charge in [0.05, 0.1) is 12.2 Å². The lowest BCUT2D eigenvalue weighted by Gasteiger charge is -2.29. The number of rotatable bonds is 5. The minimum atomic E-state index is -4.57. The van der Waals surface area contributed by atoms with Crippen LogP contribution in [0.3, 0.4) is 0 Å². The van der Waals surface area contributed by atoms with Crippen LogP contribution >= 0.6 is 11.8 Å². The molecule has 0 aliphatic carbocycles. The molecule has 2 unspecified atom stereocenters. The first kappa shape index (κ1) is 25.1. The molecule has 0 bridgehead atoms. The van der Waals surface area contributed by atoms with E-state index in [0.717, 1.165) is 23.3 Å². The normalized spacial score (nSPS) is 18.9. The molecule has 8 heteroatoms. The van der Waals surface area contributed by atoms with Gasteiger partial charge in [-0.2, -0.15) is 13.2 Å². The molecule has 2 aromatic carbocycles. The van der Waals surface area contributed by atoms with Gasteiger partial charge >= 0.3 is 12.1 Å². The third kappa shape index (κ3) is 5.72. The van der Waals surface area contributed by atoms with Crippen molar-refractivity contribution in [2.45, 2.75) is 57.1 Å². The number of esters is 1. The van der Waals surface area contributed by atoms with E-state index in [-0.39, 0.29) is 17.6 Å². The van der Waals surface area contributed by atoms with E-state index in [1.165, 1.54) is 28.8 Å². The van der Waals surface area contributed by atoms with Crippen molar-refractivity contribution in [3.8, 4) is 0 Å². The van der Waals surface area contributed by atoms with Crippen molar-refractivity contribution >= 4 is 23.6 Å². The van der Waals surface area contributed by atoms with Crippen LogP contribution in [0.5, 0.6) is 0 Å². The minimum absolute atomic E-state index is 0.0542. The average molecular weight is 480 g/mol. The number of carbonyl (C=O) groups is 2. The van der Waals surface area contributed by atoms with Crippen LogP contribution in [0.2, 0.25) is 0 Å². The molecule has 1 aliphatic heterocycles. The van der Waals surface area contributed by atoms with E-state index in [2.05, 4.69) is 20.8 Å². The van der Waals surface area contributed by atoms with Gasteiger partial charge in [0.25, 0.3) is 5.91 Å². The number of nitrogens with zero attached hydrogens (tertiary/aromatic N) is 1. The van der Waals surface area contributed by atoms with Gasteiger partial charge in [-0.1, -0.05) is 58.0 Å². The summed E-state index contributed by atoms with van der Waals surface area (Å²) in [5.74, 6) is -0.869. The van der Waals surface area contributed by atoms with Crippen LogP contribution in [-0.4, -0.2) is 35.2 Å². The Hall–Kier alpha value is -2.48. The predicted octanol–water partition coefficient (Wildman–Crippen LogP) is 6.21. The summed E-state index contributed by atoms with van der Waals surface area (Å²) in [7, 11) is 0. The highest BCUT2D eigenvalue weighted by molar-refractivity contribution is 7.99. The second kappa shape index (κ2) is 9.79. The SMILES string of the molecule is CCCOC(=O)C1CSC(c2ccc(C(C)(C)C)cc2)N1C(=O)c1cccc(C(F)(F)F)c1. The van der Waals surface area contributed by atoms with Crippen LogP contribution in [-0.2, 0) is 21.1 Å². The molecule has 1 saturated heterocycles. The number of benzene rings is 2. The molecule has 33 heavy (non-hydrogen) atoms. The van der Waals surface area contributed by atoms with Crippen molar-refractivity contribution in [2.75, 3.05) is 12.4 Å². The molecule has 1 amide bonds. The fourth-order valence-corrected chi connectivity index (χ4v) is 5.03. The standard InChI is InChI=1S/C25H28F3NO3S/c1-5-13-32-23(31)20-15-33-22(16-9-11-18(12-10-16)24(2,3)4)29(20)21(30)17-7-6-8-19(14-17)25(26,27)28/h6-12,14,20,22H,5,13,15H2,1-4H3. The lowest BCUT2D eigenvalue weighted by molar-refractivity contribution is -0.148. The number of amides is 1. The van der Waals surface area contributed by atoms with Crippen molar-refractivity contribution < 1.29 is 27.5 Å². The summed E-state index contributed by atoms with van der Waals surface area (Å²) in [5.41, 5.74) is 0.845. The van der Waals surface area contributed by atoms with Gasteiger partial charge in [-0.3, -0.25) is 4.79 Å². The van der Waals surface area contributed by atoms with E-state index >= 15 is 0 Å². The number of thioether (sulfide) groups is 1. The number of ether oxygens (including phenoxy) is 1. The Bertz CT molecular complexity index is 999. The second-order valence-corrected chi connectivity index (χ2v) is 10.1. The van der Waals surface area contributed by atoms with Gasteiger partial charge in [0, 0.05) is 11.3 Å². The zero-order valence-corrected chi connectivity index (χ0v) is 19.9. The van der Waals surface area contributed by atoms with Crippen molar-refractivity contribution in [1.29, 1.82) is 0 Å². The molecule has 2 aromatic rings. The molecular weight excluding hydrogens is 451 g/mol. The number of alkyl halides is 3. The fraction of sp³-hybridized carbons (Fsp3) is 0.440. The predicted molar refractivity (Wildman–Crippen MR) is 123 cm³/mol. The lowest BCUT2D eigenvalue weighted by Crippen LogP contribution is -2.44. The van der Waals surface area contributed by atoms with Gasteiger partial charge in [-0.05, 0) is 41.2 Å². The molecule has 1 aliphatic rings. The monoisotopic (exact) mass is 479 g/mol. The minimum Gasteiger partial charge on any atom is -0.464 e. The fourth-order valence-electron chi connectivity index (χ4n) is 3.62. The molecule has 178 valence electrons. The quantitative estimate of drug-likeness (QED) is 0.478. The van der Waals surface area contributed by atoms with E-state index in [1.54, 1.807) is 0 Å². The van der Waals surface area contributed by atoms with Crippen molar-refractivity contribution in [3.63, 3.8) is 0 Å². The molecule has 1 fully saturated rings. The molecule has 0 spiro atoms. The van der Waals surface area contributed by atoms with Gasteiger partial charge in [0.1, 0.15) is 11.4 Å². The van der Waals surface area contributed by atoms with Gasteiger partial charge in [0.2, 0.25) is 0 Å². The van der Waals surface area contributed by atoms with Crippen LogP contribution in [0.1, 0.15) is 66.5 Å². The number of hydrogen-bond donors (Lipinski definition) is 0. The third-order valence-corrected chi connectivity index (χ3v) is 6.78. The highest BCUT2D eigenvalue weighted by Gasteiger charge is 2.44. The van der Waals surface area contributed by atoms with E-state index in [0.29, 0.717) is 12.2 Å². The maximum Gasteiger partial charge on any atom is 0.416 e. The van der Waals surface area contributed by atoms with Gasteiger partial charge in [-0.25, -0.2) is 4.79 Å². The van der Waals surface area contributed by atoms with E-state index < -0.39 is 35.0 Å². The molecule has 4 nitrogen and oxygen atoms in total. The number of halogens is 3. The third-order valence-electron chi connectivity index (χ3n) is 5.45. The molecule has 0 radical (unpaired) electrons. The number of hydrogen-bond acceptors (Lipinski definition) is 4. The Kier molecular flexibility index (Phi) is 7.46. The Morgan fingerprint density at radius 1 is 1.06 bits per heavy atom. The topological polar surface area (TPSA) is 46.6 Å². The lowest BCUT2D eigenvalue weighted by atomic mass is 9.86. The summed E-state index contributed by atoms with van der Waals surface area (Å²) < 4.78 is 45.0. The Morgan fingerprint density at radius 3 is 2.30 bits per heavy atom. The number of carbonyl (C=O) groups excluding carboxylic acids is 2. The maximum absolute atomic E-state index is 13.5. The first-order valence-electron chi connectivity index (χ1n) is 10.8. The van der Waals surface area contributed by atoms with Gasteiger partial charge in [-0.15, -0.1) is 11.8 Å². The zero-order chi connectivity index (χ0) is 24.4. The van der Waals surface area contributed by atoms with Crippen LogP contribution in [0.4, 0.5) is 13.2 Å². The summed E-state index contributed by atoms with van der Waals surface area (Å²) in [5, 5.41) is -0.514. The molecule has 3 rings (SSSR count). The first-order valence-corrected chi connectivity index (χ1v) is 11.9. The second-order valence-electron chi connectivity index (χ2n) is 9.03. The summed E-state index contributed by atoms with van der Waals surface area (Å²) >= 11 is 1.40. The summed E-state index contributed by atoms with van der Waals surface area (Å²) in [4.78, 5) is 27.6. The van der Waals surface area contributed by atoms with E-state index in [1.807, 2.05) is 31.2 Å². The summed E-state index contributed by atoms with van der Waals surface area (Å²) in [6.07, 6.45) is -3.94. The van der Waals surface area contributed by atoms with Crippen LogP contribution < -0.4 is 0 Å². The average Bonchev–Trinajstić information content (AvgIpc) is 3.21. The van der Waals surface area contributed by atoms with Crippen LogP contribution in [0.15, 0.2) is 48.5 Å². The van der Waals surface area contributed by atoms with E-state index in [9.17, 15) is 22.8 Å². The van der Waals surface area contributed by atoms with E-state index in [4.69, 9.17) is 4.74 Å². The molecule has 0 N–H and O–H groups in total. The highest BCUT2D eigenvalue weighted by atomic mass is 32.2. The van der Waals surface area contributed by atoms with Crippen LogP contribution in [0.25, 0.3) is 0 Å². The molecule has 0 aromatic heterocycles. The van der Waals surface area contributed by atoms with Crippen molar-refractivity contribution in [1.82, 2.24) is 4.90 Å². The van der Waals surface area contributed by atoms with Gasteiger partial charge < -0.3 is 9.64 Å². The molecule has 2 atom stereocenters. The molecular formula is C25H28F3NO3S. The maximum atomic E-state index is 13.5. The smallest absolute Gasteiger partial charge is 0.416 e. The summed E-state index contributed by atoms with van der Waals surface area (Å²) in [6, 6.07) is 11.2. The molecule has 1 heterocycles. The Labute approximate surface area is 196 Å². The summed E-state index contributed by atoms with van der Waals surface area (Å²) in [6.45, 7) is 8.36. The highest BCUT2D eigenvalue weighted by Crippen LogP contribution is 2.43. The molecule has 0 saturated carbocycles. The van der Waals surface area contributed by atoms with Crippen molar-refractivity contribution in [3.05, 3.63) is 70.8 Å². The largest absolute Gasteiger partial charge is 0.464 e. The Balaban J connectivity index is 1.98. The first-order chi connectivity index (χ1) is 15.4.